The van der Waals surface area contributed by atoms with Crippen LogP contribution in [0, 0.1) is 10.5 Å². The molecule has 2 aromatic carbocycles. The van der Waals surface area contributed by atoms with Crippen LogP contribution in [0.5, 0.6) is 0 Å². The van der Waals surface area contributed by atoms with Gasteiger partial charge in [-0.2, -0.15) is 4.98 Å². The number of nitrogens with one attached hydrogen (secondary N) is 2. The van der Waals surface area contributed by atoms with Gasteiger partial charge >= 0.3 is 0 Å². The molecule has 1 heterocycles. The zero-order chi connectivity index (χ0) is 20.8. The summed E-state index contributed by atoms with van der Waals surface area (Å²) in [7, 11) is 0. The number of nitrogens with zero attached hydrogens (tertiary/aromatic N) is 3. The minimum atomic E-state index is -0.131. The van der Waals surface area contributed by atoms with E-state index in [2.05, 4.69) is 61.9 Å². The highest BCUT2D eigenvalue weighted by Gasteiger charge is 2.09. The standard InChI is InChI=1S/C22H24IN5O/c1-4-28(5-2)20-14-15(3)24-22(27-20)26-19-12-10-18(11-13-19)25-21(29)16-6-8-17(23)9-7-16/h6-14H,4-5H2,1-3H3,(H,25,29)(H,24,26,27). The van der Waals surface area contributed by atoms with Gasteiger partial charge in [-0.25, -0.2) is 4.98 Å². The van der Waals surface area contributed by atoms with E-state index in [0.29, 0.717) is 11.5 Å². The van der Waals surface area contributed by atoms with Crippen LogP contribution < -0.4 is 15.5 Å². The van der Waals surface area contributed by atoms with Gasteiger partial charge in [0.2, 0.25) is 5.95 Å². The van der Waals surface area contributed by atoms with E-state index in [0.717, 1.165) is 39.5 Å². The summed E-state index contributed by atoms with van der Waals surface area (Å²) in [5, 5.41) is 6.15. The Labute approximate surface area is 184 Å². The van der Waals surface area contributed by atoms with E-state index in [4.69, 9.17) is 0 Å². The highest BCUT2D eigenvalue weighted by atomic mass is 127. The molecule has 3 aromatic rings. The normalized spacial score (nSPS) is 10.5. The predicted molar refractivity (Wildman–Crippen MR) is 127 cm³/mol. The number of carbonyl (C=O) groups is 1. The van der Waals surface area contributed by atoms with Crippen LogP contribution in [0.25, 0.3) is 0 Å². The minimum Gasteiger partial charge on any atom is -0.357 e. The number of aromatic nitrogens is 2. The van der Waals surface area contributed by atoms with Crippen LogP contribution in [0.2, 0.25) is 0 Å². The van der Waals surface area contributed by atoms with Crippen LogP contribution in [0.3, 0.4) is 0 Å². The summed E-state index contributed by atoms with van der Waals surface area (Å²) in [5.41, 5.74) is 3.12. The Morgan fingerprint density at radius 3 is 2.21 bits per heavy atom. The zero-order valence-electron chi connectivity index (χ0n) is 16.7. The van der Waals surface area contributed by atoms with Crippen LogP contribution in [0.15, 0.2) is 54.6 Å². The zero-order valence-corrected chi connectivity index (χ0v) is 18.9. The van der Waals surface area contributed by atoms with Crippen molar-refractivity contribution in [3.05, 3.63) is 69.4 Å². The topological polar surface area (TPSA) is 70.2 Å². The first-order valence-electron chi connectivity index (χ1n) is 9.53. The van der Waals surface area contributed by atoms with Gasteiger partial charge < -0.3 is 15.5 Å². The van der Waals surface area contributed by atoms with E-state index >= 15 is 0 Å². The number of rotatable bonds is 7. The molecule has 29 heavy (non-hydrogen) atoms. The molecular formula is C22H24IN5O. The quantitative estimate of drug-likeness (QED) is 0.434. The molecule has 7 heteroatoms. The first-order chi connectivity index (χ1) is 14.0. The maximum Gasteiger partial charge on any atom is 0.255 e. The van der Waals surface area contributed by atoms with Gasteiger partial charge in [-0.05, 0) is 91.9 Å². The molecule has 0 bridgehead atoms. The van der Waals surface area contributed by atoms with Crippen molar-refractivity contribution in [1.29, 1.82) is 0 Å². The highest BCUT2D eigenvalue weighted by Crippen LogP contribution is 2.20. The fourth-order valence-electron chi connectivity index (χ4n) is 2.89. The van der Waals surface area contributed by atoms with Crippen molar-refractivity contribution in [3.8, 4) is 0 Å². The number of hydrogen-bond acceptors (Lipinski definition) is 5. The largest absolute Gasteiger partial charge is 0.357 e. The number of carbonyl (C=O) groups excluding carboxylic acids is 1. The molecule has 6 nitrogen and oxygen atoms in total. The van der Waals surface area contributed by atoms with Gasteiger partial charge in [0.25, 0.3) is 5.91 Å². The Morgan fingerprint density at radius 1 is 0.966 bits per heavy atom. The molecule has 0 fully saturated rings. The molecule has 2 N–H and O–H groups in total. The third-order valence-corrected chi connectivity index (χ3v) is 5.15. The van der Waals surface area contributed by atoms with Crippen molar-refractivity contribution in [2.24, 2.45) is 0 Å². The molecule has 3 rings (SSSR count). The molecule has 150 valence electrons. The molecule has 0 aliphatic heterocycles. The maximum atomic E-state index is 12.3. The minimum absolute atomic E-state index is 0.131. The van der Waals surface area contributed by atoms with Gasteiger partial charge in [0.1, 0.15) is 5.82 Å². The van der Waals surface area contributed by atoms with Crippen molar-refractivity contribution < 1.29 is 4.79 Å². The van der Waals surface area contributed by atoms with Crippen LogP contribution in [-0.2, 0) is 0 Å². The van der Waals surface area contributed by atoms with Crippen LogP contribution in [-0.4, -0.2) is 29.0 Å². The average molecular weight is 501 g/mol. The lowest BCUT2D eigenvalue weighted by molar-refractivity contribution is 0.102. The molecule has 0 spiro atoms. The first-order valence-corrected chi connectivity index (χ1v) is 10.6. The van der Waals surface area contributed by atoms with Gasteiger partial charge in [0.15, 0.2) is 0 Å². The molecule has 0 aliphatic carbocycles. The van der Waals surface area contributed by atoms with E-state index in [1.807, 2.05) is 61.5 Å². The number of anilines is 4. The van der Waals surface area contributed by atoms with Crippen LogP contribution in [0.1, 0.15) is 29.9 Å². The third-order valence-electron chi connectivity index (χ3n) is 4.43. The Hall–Kier alpha value is -2.68. The second-order valence-corrected chi connectivity index (χ2v) is 7.77. The van der Waals surface area contributed by atoms with E-state index in [-0.39, 0.29) is 5.91 Å². The van der Waals surface area contributed by atoms with E-state index in [9.17, 15) is 4.79 Å². The summed E-state index contributed by atoms with van der Waals surface area (Å²) < 4.78 is 1.09. The number of benzene rings is 2. The van der Waals surface area contributed by atoms with Crippen molar-refractivity contribution in [2.75, 3.05) is 28.6 Å². The van der Waals surface area contributed by atoms with Gasteiger partial charge in [-0.1, -0.05) is 0 Å². The first kappa shape index (κ1) is 21.0. The SMILES string of the molecule is CCN(CC)c1cc(C)nc(Nc2ccc(NC(=O)c3ccc(I)cc3)cc2)n1. The summed E-state index contributed by atoms with van der Waals surface area (Å²) in [6.07, 6.45) is 0. The van der Waals surface area contributed by atoms with E-state index < -0.39 is 0 Å². The summed E-state index contributed by atoms with van der Waals surface area (Å²) in [4.78, 5) is 23.6. The van der Waals surface area contributed by atoms with E-state index in [1.54, 1.807) is 0 Å². The number of halogens is 1. The molecular weight excluding hydrogens is 477 g/mol. The van der Waals surface area contributed by atoms with Gasteiger partial charge in [0.05, 0.1) is 0 Å². The maximum absolute atomic E-state index is 12.3. The lowest BCUT2D eigenvalue weighted by Crippen LogP contribution is -2.23. The lowest BCUT2D eigenvalue weighted by atomic mass is 10.2. The second kappa shape index (κ2) is 9.69. The summed E-state index contributed by atoms with van der Waals surface area (Å²) in [6, 6.07) is 16.9. The second-order valence-electron chi connectivity index (χ2n) is 6.53. The Kier molecular flexibility index (Phi) is 7.03. The van der Waals surface area contributed by atoms with Gasteiger partial charge in [-0.3, -0.25) is 4.79 Å². The fraction of sp³-hybridized carbons (Fsp3) is 0.227. The number of amides is 1. The molecule has 0 unspecified atom stereocenters. The summed E-state index contributed by atoms with van der Waals surface area (Å²) >= 11 is 2.22. The molecule has 0 radical (unpaired) electrons. The Morgan fingerprint density at radius 2 is 1.59 bits per heavy atom. The molecule has 0 atom stereocenters. The highest BCUT2D eigenvalue weighted by molar-refractivity contribution is 14.1. The van der Waals surface area contributed by atoms with E-state index in [1.165, 1.54) is 0 Å². The van der Waals surface area contributed by atoms with Crippen LogP contribution in [0.4, 0.5) is 23.1 Å². The number of hydrogen-bond donors (Lipinski definition) is 2. The van der Waals surface area contributed by atoms with Crippen molar-refractivity contribution in [3.63, 3.8) is 0 Å². The van der Waals surface area contributed by atoms with Crippen molar-refractivity contribution in [1.82, 2.24) is 9.97 Å². The van der Waals surface area contributed by atoms with Crippen LogP contribution >= 0.6 is 22.6 Å². The molecule has 0 aliphatic rings. The Bertz CT molecular complexity index is 969. The summed E-state index contributed by atoms with van der Waals surface area (Å²) in [5.74, 6) is 1.34. The van der Waals surface area contributed by atoms with Gasteiger partial charge in [0, 0.05) is 45.4 Å². The number of aryl methyl sites for hydroxylation is 1. The Balaban J connectivity index is 1.69. The lowest BCUT2D eigenvalue weighted by Gasteiger charge is -2.20. The van der Waals surface area contributed by atoms with Crippen molar-refractivity contribution in [2.45, 2.75) is 20.8 Å². The molecule has 0 saturated carbocycles. The smallest absolute Gasteiger partial charge is 0.255 e. The average Bonchev–Trinajstić information content (AvgIpc) is 2.70. The fourth-order valence-corrected chi connectivity index (χ4v) is 3.25. The third kappa shape index (κ3) is 5.66. The molecule has 0 saturated heterocycles. The molecule has 1 amide bonds. The predicted octanol–water partition coefficient (Wildman–Crippen LogP) is 5.23. The van der Waals surface area contributed by atoms with Gasteiger partial charge in [-0.15, -0.1) is 0 Å². The van der Waals surface area contributed by atoms with Crippen molar-refractivity contribution >= 4 is 51.6 Å². The summed E-state index contributed by atoms with van der Waals surface area (Å²) in [6.45, 7) is 7.96. The monoisotopic (exact) mass is 501 g/mol. The molecule has 1 aromatic heterocycles.